The number of nitro benzene ring substituents is 1. The predicted octanol–water partition coefficient (Wildman–Crippen LogP) is 2.42. The molecule has 20 heavy (non-hydrogen) atoms. The number of nitrogens with one attached hydrogen (secondary N) is 1. The van der Waals surface area contributed by atoms with Crippen molar-refractivity contribution in [2.24, 2.45) is 5.11 Å². The van der Waals surface area contributed by atoms with Crippen LogP contribution in [0.2, 0.25) is 0 Å². The third kappa shape index (κ3) is 5.65. The van der Waals surface area contributed by atoms with Gasteiger partial charge in [-0.15, -0.1) is 0 Å². The predicted molar refractivity (Wildman–Crippen MR) is 73.8 cm³/mol. The molecule has 0 aliphatic heterocycles. The fourth-order valence-corrected chi connectivity index (χ4v) is 1.34. The van der Waals surface area contributed by atoms with E-state index in [1.54, 1.807) is 18.2 Å². The van der Waals surface area contributed by atoms with Gasteiger partial charge in [0, 0.05) is 36.2 Å². The lowest BCUT2D eigenvalue weighted by Crippen LogP contribution is -2.22. The molecule has 1 N–H and O–H groups in total. The topological polar surface area (TPSA) is 121 Å². The smallest absolute Gasteiger partial charge is 0.269 e. The molecule has 0 spiro atoms. The molecule has 1 rings (SSSR count). The maximum Gasteiger partial charge on any atom is 0.269 e. The molecule has 0 aliphatic rings. The summed E-state index contributed by atoms with van der Waals surface area (Å²) in [7, 11) is 0. The van der Waals surface area contributed by atoms with E-state index in [9.17, 15) is 14.9 Å². The number of nitro groups is 1. The summed E-state index contributed by atoms with van der Waals surface area (Å²) >= 11 is 0. The minimum Gasteiger partial charge on any atom is -0.353 e. The highest BCUT2D eigenvalue weighted by molar-refractivity contribution is 5.91. The molecule has 0 atom stereocenters. The monoisotopic (exact) mass is 275 g/mol. The van der Waals surface area contributed by atoms with Crippen LogP contribution in [0.5, 0.6) is 0 Å². The number of nitrogens with zero attached hydrogens (tertiary/aromatic N) is 4. The van der Waals surface area contributed by atoms with Gasteiger partial charge in [0.2, 0.25) is 5.91 Å². The lowest BCUT2D eigenvalue weighted by molar-refractivity contribution is -0.384. The Morgan fingerprint density at radius 1 is 1.45 bits per heavy atom. The van der Waals surface area contributed by atoms with Gasteiger partial charge >= 0.3 is 0 Å². The average molecular weight is 275 g/mol. The number of benzene rings is 1. The summed E-state index contributed by atoms with van der Waals surface area (Å²) in [6.45, 7) is 0.755. The maximum atomic E-state index is 11.4. The van der Waals surface area contributed by atoms with Gasteiger partial charge in [-0.25, -0.2) is 0 Å². The summed E-state index contributed by atoms with van der Waals surface area (Å²) in [5.41, 5.74) is 8.76. The standard InChI is InChI=1S/C12H13N5O3/c13-16-15-9-1-8-14-12(18)7-4-10-2-5-11(6-3-10)17(19)20/h2-7H,1,8-9H2,(H,14,18)/b7-4+. The van der Waals surface area contributed by atoms with Crippen LogP contribution in [0.25, 0.3) is 16.5 Å². The maximum absolute atomic E-state index is 11.4. The van der Waals surface area contributed by atoms with E-state index >= 15 is 0 Å². The first-order valence-electron chi connectivity index (χ1n) is 5.84. The number of carbonyl (C=O) groups is 1. The van der Waals surface area contributed by atoms with Crippen LogP contribution in [0, 0.1) is 10.1 Å². The van der Waals surface area contributed by atoms with Crippen molar-refractivity contribution in [1.82, 2.24) is 5.32 Å². The zero-order valence-electron chi connectivity index (χ0n) is 10.6. The van der Waals surface area contributed by atoms with Crippen molar-refractivity contribution in [3.8, 4) is 0 Å². The largest absolute Gasteiger partial charge is 0.353 e. The lowest BCUT2D eigenvalue weighted by atomic mass is 10.2. The number of azide groups is 1. The molecular formula is C12H13N5O3. The molecule has 8 nitrogen and oxygen atoms in total. The van der Waals surface area contributed by atoms with Gasteiger partial charge in [-0.2, -0.15) is 0 Å². The van der Waals surface area contributed by atoms with Gasteiger partial charge in [-0.05, 0) is 35.7 Å². The molecule has 0 fully saturated rings. The highest BCUT2D eigenvalue weighted by Gasteiger charge is 2.02. The van der Waals surface area contributed by atoms with E-state index in [0.29, 0.717) is 25.1 Å². The Labute approximate surface area is 114 Å². The number of non-ortho nitro benzene ring substituents is 1. The van der Waals surface area contributed by atoms with Crippen molar-refractivity contribution in [3.63, 3.8) is 0 Å². The van der Waals surface area contributed by atoms with Crippen molar-refractivity contribution < 1.29 is 9.72 Å². The summed E-state index contributed by atoms with van der Waals surface area (Å²) in [6.07, 6.45) is 3.47. The Morgan fingerprint density at radius 2 is 2.15 bits per heavy atom. The first kappa shape index (κ1) is 15.2. The Morgan fingerprint density at radius 3 is 2.75 bits per heavy atom. The molecule has 0 saturated heterocycles. The van der Waals surface area contributed by atoms with Crippen LogP contribution in [0.3, 0.4) is 0 Å². The Kier molecular flexibility index (Phi) is 6.29. The lowest BCUT2D eigenvalue weighted by Gasteiger charge is -1.99. The molecule has 0 radical (unpaired) electrons. The Hall–Kier alpha value is -2.86. The van der Waals surface area contributed by atoms with Crippen LogP contribution in [0.4, 0.5) is 5.69 Å². The van der Waals surface area contributed by atoms with E-state index in [-0.39, 0.29) is 11.6 Å². The number of rotatable bonds is 7. The molecule has 1 aromatic carbocycles. The molecule has 104 valence electrons. The third-order valence-electron chi connectivity index (χ3n) is 2.33. The van der Waals surface area contributed by atoms with Gasteiger partial charge in [0.05, 0.1) is 4.92 Å². The second-order valence-electron chi connectivity index (χ2n) is 3.78. The molecule has 0 unspecified atom stereocenters. The molecule has 0 aliphatic carbocycles. The van der Waals surface area contributed by atoms with Gasteiger partial charge < -0.3 is 5.32 Å². The Bertz CT molecular complexity index is 547. The van der Waals surface area contributed by atoms with Crippen molar-refractivity contribution in [2.45, 2.75) is 6.42 Å². The minimum atomic E-state index is -0.482. The summed E-state index contributed by atoms with van der Waals surface area (Å²) in [5.74, 6) is -0.274. The molecule has 8 heteroatoms. The summed E-state index contributed by atoms with van der Waals surface area (Å²) < 4.78 is 0. The zero-order chi connectivity index (χ0) is 14.8. The van der Waals surface area contributed by atoms with E-state index < -0.39 is 4.92 Å². The highest BCUT2D eigenvalue weighted by atomic mass is 16.6. The minimum absolute atomic E-state index is 0.00430. The van der Waals surface area contributed by atoms with E-state index in [0.717, 1.165) is 0 Å². The first-order chi connectivity index (χ1) is 9.63. The second-order valence-corrected chi connectivity index (χ2v) is 3.78. The number of hydrogen-bond donors (Lipinski definition) is 1. The van der Waals surface area contributed by atoms with Crippen molar-refractivity contribution in [1.29, 1.82) is 0 Å². The summed E-state index contributed by atoms with van der Waals surface area (Å²) in [5, 5.41) is 16.4. The van der Waals surface area contributed by atoms with E-state index in [1.165, 1.54) is 18.2 Å². The van der Waals surface area contributed by atoms with E-state index in [2.05, 4.69) is 15.3 Å². The molecule has 0 bridgehead atoms. The molecule has 0 aromatic heterocycles. The normalized spacial score (nSPS) is 10.0. The van der Waals surface area contributed by atoms with Crippen LogP contribution in [-0.2, 0) is 4.79 Å². The van der Waals surface area contributed by atoms with Gasteiger partial charge in [0.1, 0.15) is 0 Å². The van der Waals surface area contributed by atoms with Crippen molar-refractivity contribution in [2.75, 3.05) is 13.1 Å². The molecule has 1 aromatic rings. The summed E-state index contributed by atoms with van der Waals surface area (Å²) in [6, 6.07) is 5.86. The zero-order valence-corrected chi connectivity index (χ0v) is 10.6. The van der Waals surface area contributed by atoms with Crippen molar-refractivity contribution >= 4 is 17.7 Å². The third-order valence-corrected chi connectivity index (χ3v) is 2.33. The van der Waals surface area contributed by atoms with Gasteiger partial charge in [0.15, 0.2) is 0 Å². The summed E-state index contributed by atoms with van der Waals surface area (Å²) in [4.78, 5) is 24.0. The average Bonchev–Trinajstić information content (AvgIpc) is 2.45. The fraction of sp³-hybridized carbons (Fsp3) is 0.250. The van der Waals surface area contributed by atoms with Crippen LogP contribution < -0.4 is 5.32 Å². The number of carbonyl (C=O) groups excluding carboxylic acids is 1. The van der Waals surface area contributed by atoms with Crippen LogP contribution in [0.1, 0.15) is 12.0 Å². The molecule has 0 saturated carbocycles. The van der Waals surface area contributed by atoms with E-state index in [4.69, 9.17) is 5.53 Å². The number of hydrogen-bond acceptors (Lipinski definition) is 4. The van der Waals surface area contributed by atoms with Crippen LogP contribution in [-0.4, -0.2) is 23.9 Å². The van der Waals surface area contributed by atoms with E-state index in [1.807, 2.05) is 0 Å². The first-order valence-corrected chi connectivity index (χ1v) is 5.84. The second kappa shape index (κ2) is 8.28. The van der Waals surface area contributed by atoms with Crippen LogP contribution >= 0.6 is 0 Å². The fourth-order valence-electron chi connectivity index (χ4n) is 1.34. The van der Waals surface area contributed by atoms with Gasteiger partial charge in [0.25, 0.3) is 5.69 Å². The number of amides is 1. The van der Waals surface area contributed by atoms with Crippen molar-refractivity contribution in [3.05, 3.63) is 56.5 Å². The molecule has 0 heterocycles. The van der Waals surface area contributed by atoms with Gasteiger partial charge in [-0.1, -0.05) is 5.11 Å². The highest BCUT2D eigenvalue weighted by Crippen LogP contribution is 2.12. The quantitative estimate of drug-likeness (QED) is 0.156. The SMILES string of the molecule is [N-]=[N+]=NCCCNC(=O)/C=C/c1ccc([N+](=O)[O-])cc1. The van der Waals surface area contributed by atoms with Gasteiger partial charge in [-0.3, -0.25) is 14.9 Å². The Balaban J connectivity index is 2.40. The molecule has 1 amide bonds. The molecular weight excluding hydrogens is 262 g/mol. The van der Waals surface area contributed by atoms with Crippen LogP contribution in [0.15, 0.2) is 35.5 Å².